The first-order valence-electron chi connectivity index (χ1n) is 6.11. The van der Waals surface area contributed by atoms with Crippen LogP contribution >= 0.6 is 0 Å². The molecule has 0 aliphatic rings. The van der Waals surface area contributed by atoms with Crippen molar-refractivity contribution in [3.63, 3.8) is 0 Å². The van der Waals surface area contributed by atoms with Crippen LogP contribution in [0.3, 0.4) is 0 Å². The van der Waals surface area contributed by atoms with Crippen molar-refractivity contribution in [1.82, 2.24) is 5.32 Å². The second kappa shape index (κ2) is 7.63. The number of hydrogen-bond acceptors (Lipinski definition) is 3. The molecule has 96 valence electrons. The molecule has 0 aromatic carbocycles. The average molecular weight is 230 g/mol. The lowest BCUT2D eigenvalue weighted by molar-refractivity contribution is -0.132. The normalized spacial score (nSPS) is 16.6. The van der Waals surface area contributed by atoms with E-state index in [0.29, 0.717) is 6.61 Å². The molecule has 0 aliphatic heterocycles. The van der Waals surface area contributed by atoms with Crippen LogP contribution in [0.15, 0.2) is 0 Å². The van der Waals surface area contributed by atoms with Crippen molar-refractivity contribution in [3.8, 4) is 0 Å². The van der Waals surface area contributed by atoms with E-state index in [1.54, 1.807) is 6.92 Å². The summed E-state index contributed by atoms with van der Waals surface area (Å²) in [5, 5.41) is 2.83. The monoisotopic (exact) mass is 230 g/mol. The fourth-order valence-electron chi connectivity index (χ4n) is 1.03. The predicted molar refractivity (Wildman–Crippen MR) is 66.2 cm³/mol. The van der Waals surface area contributed by atoms with Crippen molar-refractivity contribution in [2.24, 2.45) is 5.73 Å². The molecule has 2 atom stereocenters. The molecule has 3 N–H and O–H groups in total. The summed E-state index contributed by atoms with van der Waals surface area (Å²) in [5.41, 5.74) is 5.58. The number of rotatable bonds is 8. The molecule has 0 aromatic heterocycles. The first-order valence-corrected chi connectivity index (χ1v) is 6.11. The molecule has 16 heavy (non-hydrogen) atoms. The number of unbranched alkanes of at least 4 members (excludes halogenated alkanes) is 1. The highest BCUT2D eigenvalue weighted by atomic mass is 16.5. The van der Waals surface area contributed by atoms with Crippen LogP contribution in [0.5, 0.6) is 0 Å². The summed E-state index contributed by atoms with van der Waals surface area (Å²) in [5.74, 6) is -0.0552. The van der Waals surface area contributed by atoms with E-state index in [4.69, 9.17) is 10.5 Å². The number of hydrogen-bond donors (Lipinski definition) is 2. The van der Waals surface area contributed by atoms with E-state index in [1.807, 2.05) is 13.8 Å². The molecule has 0 spiro atoms. The van der Waals surface area contributed by atoms with Gasteiger partial charge in [-0.3, -0.25) is 4.79 Å². The first-order chi connectivity index (χ1) is 7.43. The molecule has 0 fully saturated rings. The number of amides is 1. The number of carbonyl (C=O) groups excluding carboxylic acids is 1. The summed E-state index contributed by atoms with van der Waals surface area (Å²) >= 11 is 0. The standard InChI is InChI=1S/C12H26N2O2/c1-5-7-8-14-11(15)10(3)16-9-12(4,13)6-2/h10H,5-9,13H2,1-4H3,(H,14,15). The van der Waals surface area contributed by atoms with Crippen molar-refractivity contribution < 1.29 is 9.53 Å². The first kappa shape index (κ1) is 15.4. The summed E-state index contributed by atoms with van der Waals surface area (Å²) in [7, 11) is 0. The fraction of sp³-hybridized carbons (Fsp3) is 0.917. The van der Waals surface area contributed by atoms with Gasteiger partial charge in [0.05, 0.1) is 6.61 Å². The van der Waals surface area contributed by atoms with E-state index in [1.165, 1.54) is 0 Å². The zero-order chi connectivity index (χ0) is 12.6. The minimum absolute atomic E-state index is 0.0552. The van der Waals surface area contributed by atoms with Gasteiger partial charge in [-0.2, -0.15) is 0 Å². The summed E-state index contributed by atoms with van der Waals surface area (Å²) < 4.78 is 5.45. The summed E-state index contributed by atoms with van der Waals surface area (Å²) in [6.45, 7) is 8.91. The van der Waals surface area contributed by atoms with Gasteiger partial charge in [-0.15, -0.1) is 0 Å². The molecule has 1 amide bonds. The maximum Gasteiger partial charge on any atom is 0.248 e. The van der Waals surface area contributed by atoms with Crippen LogP contribution in [-0.2, 0) is 9.53 Å². The minimum Gasteiger partial charge on any atom is -0.367 e. The molecule has 0 rings (SSSR count). The second-order valence-electron chi connectivity index (χ2n) is 4.61. The smallest absolute Gasteiger partial charge is 0.248 e. The van der Waals surface area contributed by atoms with E-state index in [2.05, 4.69) is 12.2 Å². The van der Waals surface area contributed by atoms with Gasteiger partial charge in [0, 0.05) is 12.1 Å². The molecule has 4 nitrogen and oxygen atoms in total. The molecule has 2 unspecified atom stereocenters. The Bertz CT molecular complexity index is 205. The molecule has 0 bridgehead atoms. The lowest BCUT2D eigenvalue weighted by Gasteiger charge is -2.24. The van der Waals surface area contributed by atoms with Gasteiger partial charge in [0.15, 0.2) is 0 Å². The van der Waals surface area contributed by atoms with Crippen LogP contribution in [0.1, 0.15) is 47.0 Å². The van der Waals surface area contributed by atoms with Crippen LogP contribution in [0.2, 0.25) is 0 Å². The highest BCUT2D eigenvalue weighted by Crippen LogP contribution is 2.06. The number of carbonyl (C=O) groups is 1. The van der Waals surface area contributed by atoms with Gasteiger partial charge >= 0.3 is 0 Å². The van der Waals surface area contributed by atoms with Crippen LogP contribution in [0, 0.1) is 0 Å². The maximum atomic E-state index is 11.5. The Kier molecular flexibility index (Phi) is 7.34. The van der Waals surface area contributed by atoms with E-state index in [0.717, 1.165) is 25.8 Å². The predicted octanol–water partition coefficient (Wildman–Crippen LogP) is 1.44. The SMILES string of the molecule is CCCCNC(=O)C(C)OCC(C)(N)CC. The number of nitrogens with two attached hydrogens (primary N) is 1. The third-order valence-electron chi connectivity index (χ3n) is 2.67. The molecule has 0 aliphatic carbocycles. The molecular formula is C12H26N2O2. The Morgan fingerprint density at radius 3 is 2.62 bits per heavy atom. The Morgan fingerprint density at radius 1 is 1.50 bits per heavy atom. The van der Waals surface area contributed by atoms with Crippen molar-refractivity contribution in [3.05, 3.63) is 0 Å². The van der Waals surface area contributed by atoms with Gasteiger partial charge in [-0.1, -0.05) is 20.3 Å². The molecule has 0 saturated heterocycles. The lowest BCUT2D eigenvalue weighted by Crippen LogP contribution is -2.44. The van der Waals surface area contributed by atoms with Crippen molar-refractivity contribution in [2.75, 3.05) is 13.2 Å². The van der Waals surface area contributed by atoms with Crippen LogP contribution in [0.25, 0.3) is 0 Å². The minimum atomic E-state index is -0.425. The summed E-state index contributed by atoms with van der Waals surface area (Å²) in [6.07, 6.45) is 2.48. The van der Waals surface area contributed by atoms with Gasteiger partial charge in [0.1, 0.15) is 6.10 Å². The van der Waals surface area contributed by atoms with E-state index in [9.17, 15) is 4.79 Å². The Morgan fingerprint density at radius 2 is 2.12 bits per heavy atom. The third kappa shape index (κ3) is 6.80. The highest BCUT2D eigenvalue weighted by Gasteiger charge is 2.20. The molecule has 0 heterocycles. The van der Waals surface area contributed by atoms with E-state index in [-0.39, 0.29) is 11.4 Å². The third-order valence-corrected chi connectivity index (χ3v) is 2.67. The fourth-order valence-corrected chi connectivity index (χ4v) is 1.03. The largest absolute Gasteiger partial charge is 0.367 e. The Hall–Kier alpha value is -0.610. The molecule has 0 aromatic rings. The number of nitrogens with one attached hydrogen (secondary N) is 1. The number of ether oxygens (including phenoxy) is 1. The lowest BCUT2D eigenvalue weighted by atomic mass is 10.0. The molecule has 0 saturated carbocycles. The maximum absolute atomic E-state index is 11.5. The van der Waals surface area contributed by atoms with Gasteiger partial charge in [0.2, 0.25) is 5.91 Å². The molecule has 0 radical (unpaired) electrons. The Labute approximate surface area is 98.9 Å². The van der Waals surface area contributed by atoms with Crippen LogP contribution < -0.4 is 11.1 Å². The second-order valence-corrected chi connectivity index (χ2v) is 4.61. The van der Waals surface area contributed by atoms with Crippen LogP contribution in [0.4, 0.5) is 0 Å². The van der Waals surface area contributed by atoms with Gasteiger partial charge in [-0.05, 0) is 26.7 Å². The van der Waals surface area contributed by atoms with Crippen molar-refractivity contribution in [1.29, 1.82) is 0 Å². The molecule has 4 heteroatoms. The van der Waals surface area contributed by atoms with Gasteiger partial charge in [-0.25, -0.2) is 0 Å². The van der Waals surface area contributed by atoms with Crippen molar-refractivity contribution in [2.45, 2.75) is 58.6 Å². The zero-order valence-electron chi connectivity index (χ0n) is 11.0. The van der Waals surface area contributed by atoms with E-state index >= 15 is 0 Å². The quantitative estimate of drug-likeness (QED) is 0.620. The van der Waals surface area contributed by atoms with E-state index < -0.39 is 6.10 Å². The van der Waals surface area contributed by atoms with Crippen LogP contribution in [-0.4, -0.2) is 30.7 Å². The van der Waals surface area contributed by atoms with Gasteiger partial charge in [0.25, 0.3) is 0 Å². The highest BCUT2D eigenvalue weighted by molar-refractivity contribution is 5.80. The topological polar surface area (TPSA) is 64.3 Å². The summed E-state index contributed by atoms with van der Waals surface area (Å²) in [4.78, 5) is 11.5. The summed E-state index contributed by atoms with van der Waals surface area (Å²) in [6, 6.07) is 0. The van der Waals surface area contributed by atoms with Gasteiger partial charge < -0.3 is 15.8 Å². The molecular weight excluding hydrogens is 204 g/mol. The average Bonchev–Trinajstić information content (AvgIpc) is 2.26. The Balaban J connectivity index is 3.79. The van der Waals surface area contributed by atoms with Crippen molar-refractivity contribution >= 4 is 5.91 Å². The zero-order valence-corrected chi connectivity index (χ0v) is 11.0.